The first kappa shape index (κ1) is 14.4. The fourth-order valence-corrected chi connectivity index (χ4v) is 2.75. The SMILES string of the molecule is CN(C)c1noc(CNC2CC(c3cccc(Cl)c3)C2)n1. The monoisotopic (exact) mass is 306 g/mol. The van der Waals surface area contributed by atoms with Crippen molar-refractivity contribution < 1.29 is 4.52 Å². The molecule has 0 amide bonds. The number of halogens is 1. The fourth-order valence-electron chi connectivity index (χ4n) is 2.55. The van der Waals surface area contributed by atoms with Crippen molar-refractivity contribution in [3.8, 4) is 0 Å². The molecular formula is C15H19ClN4O. The van der Waals surface area contributed by atoms with Gasteiger partial charge < -0.3 is 14.7 Å². The summed E-state index contributed by atoms with van der Waals surface area (Å²) in [4.78, 5) is 6.12. The molecular weight excluding hydrogens is 288 g/mol. The summed E-state index contributed by atoms with van der Waals surface area (Å²) >= 11 is 6.03. The maximum absolute atomic E-state index is 6.03. The molecule has 112 valence electrons. The van der Waals surface area contributed by atoms with E-state index in [9.17, 15) is 0 Å². The van der Waals surface area contributed by atoms with Gasteiger partial charge >= 0.3 is 0 Å². The zero-order chi connectivity index (χ0) is 14.8. The minimum absolute atomic E-state index is 0.503. The molecule has 1 heterocycles. The Balaban J connectivity index is 1.46. The van der Waals surface area contributed by atoms with Crippen LogP contribution in [0.3, 0.4) is 0 Å². The molecule has 0 spiro atoms. The third kappa shape index (κ3) is 3.36. The van der Waals surface area contributed by atoms with Gasteiger partial charge in [0.2, 0.25) is 5.89 Å². The van der Waals surface area contributed by atoms with Gasteiger partial charge in [0, 0.05) is 25.2 Å². The van der Waals surface area contributed by atoms with E-state index in [4.69, 9.17) is 16.1 Å². The molecule has 0 radical (unpaired) electrons. The van der Waals surface area contributed by atoms with Crippen molar-refractivity contribution in [3.63, 3.8) is 0 Å². The topological polar surface area (TPSA) is 54.2 Å². The Hall–Kier alpha value is -1.59. The van der Waals surface area contributed by atoms with Crippen molar-refractivity contribution in [2.24, 2.45) is 0 Å². The lowest BCUT2D eigenvalue weighted by atomic mass is 9.76. The Labute approximate surface area is 129 Å². The summed E-state index contributed by atoms with van der Waals surface area (Å²) in [6, 6.07) is 8.64. The van der Waals surface area contributed by atoms with E-state index in [1.54, 1.807) is 0 Å². The standard InChI is InChI=1S/C15H19ClN4O/c1-20(2)15-18-14(21-19-15)9-17-13-7-11(8-13)10-4-3-5-12(16)6-10/h3-6,11,13,17H,7-9H2,1-2H3. The van der Waals surface area contributed by atoms with Gasteiger partial charge in [0.1, 0.15) is 0 Å². The lowest BCUT2D eigenvalue weighted by molar-refractivity contribution is 0.272. The smallest absolute Gasteiger partial charge is 0.265 e. The van der Waals surface area contributed by atoms with Gasteiger partial charge in [0.15, 0.2) is 0 Å². The molecule has 3 rings (SSSR count). The predicted molar refractivity (Wildman–Crippen MR) is 82.7 cm³/mol. The van der Waals surface area contributed by atoms with E-state index < -0.39 is 0 Å². The van der Waals surface area contributed by atoms with Gasteiger partial charge in [-0.2, -0.15) is 4.98 Å². The molecule has 1 N–H and O–H groups in total. The zero-order valence-corrected chi connectivity index (χ0v) is 13.0. The molecule has 0 atom stereocenters. The van der Waals surface area contributed by atoms with E-state index in [1.165, 1.54) is 5.56 Å². The highest BCUT2D eigenvalue weighted by atomic mass is 35.5. The number of rotatable bonds is 5. The molecule has 0 bridgehead atoms. The second-order valence-electron chi connectivity index (χ2n) is 5.68. The first-order valence-electron chi connectivity index (χ1n) is 7.10. The number of hydrogen-bond donors (Lipinski definition) is 1. The molecule has 1 fully saturated rings. The number of benzene rings is 1. The van der Waals surface area contributed by atoms with Gasteiger partial charge in [0.25, 0.3) is 5.95 Å². The summed E-state index contributed by atoms with van der Waals surface area (Å²) in [5, 5.41) is 8.16. The minimum Gasteiger partial charge on any atom is -0.344 e. The zero-order valence-electron chi connectivity index (χ0n) is 12.2. The molecule has 1 aliphatic carbocycles. The van der Waals surface area contributed by atoms with E-state index in [-0.39, 0.29) is 0 Å². The van der Waals surface area contributed by atoms with Crippen LogP contribution in [-0.2, 0) is 6.54 Å². The Morgan fingerprint density at radius 2 is 2.19 bits per heavy atom. The minimum atomic E-state index is 0.503. The quantitative estimate of drug-likeness (QED) is 0.920. The van der Waals surface area contributed by atoms with E-state index in [2.05, 4.69) is 27.6 Å². The van der Waals surface area contributed by atoms with Crippen LogP contribution in [0.15, 0.2) is 28.8 Å². The van der Waals surface area contributed by atoms with E-state index in [0.29, 0.717) is 30.3 Å². The van der Waals surface area contributed by atoms with Crippen molar-refractivity contribution in [2.45, 2.75) is 31.3 Å². The average Bonchev–Trinajstić information content (AvgIpc) is 2.86. The van der Waals surface area contributed by atoms with Crippen LogP contribution in [-0.4, -0.2) is 30.3 Å². The van der Waals surface area contributed by atoms with Crippen molar-refractivity contribution in [2.75, 3.05) is 19.0 Å². The molecule has 1 aromatic heterocycles. The number of hydrogen-bond acceptors (Lipinski definition) is 5. The number of anilines is 1. The van der Waals surface area contributed by atoms with E-state index >= 15 is 0 Å². The van der Waals surface area contributed by atoms with Crippen molar-refractivity contribution in [1.29, 1.82) is 0 Å². The number of nitrogens with zero attached hydrogens (tertiary/aromatic N) is 3. The van der Waals surface area contributed by atoms with Crippen molar-refractivity contribution in [1.82, 2.24) is 15.5 Å². The van der Waals surface area contributed by atoms with Crippen LogP contribution < -0.4 is 10.2 Å². The van der Waals surface area contributed by atoms with Crippen LogP contribution in [0.2, 0.25) is 5.02 Å². The van der Waals surface area contributed by atoms with Crippen LogP contribution in [0.25, 0.3) is 0 Å². The van der Waals surface area contributed by atoms with Gasteiger partial charge in [0.05, 0.1) is 6.54 Å². The lowest BCUT2D eigenvalue weighted by Gasteiger charge is -2.36. The van der Waals surface area contributed by atoms with Crippen LogP contribution in [0.1, 0.15) is 30.2 Å². The second-order valence-corrected chi connectivity index (χ2v) is 6.12. The molecule has 0 aliphatic heterocycles. The average molecular weight is 307 g/mol. The summed E-state index contributed by atoms with van der Waals surface area (Å²) < 4.78 is 5.19. The summed E-state index contributed by atoms with van der Waals surface area (Å²) in [6.45, 7) is 0.619. The molecule has 2 aromatic rings. The normalized spacial score (nSPS) is 21.1. The molecule has 0 saturated heterocycles. The van der Waals surface area contributed by atoms with Gasteiger partial charge in [-0.05, 0) is 41.6 Å². The second kappa shape index (κ2) is 6.03. The van der Waals surface area contributed by atoms with E-state index in [0.717, 1.165) is 17.9 Å². The first-order chi connectivity index (χ1) is 10.1. The molecule has 21 heavy (non-hydrogen) atoms. The maximum Gasteiger partial charge on any atom is 0.265 e. The third-order valence-electron chi connectivity index (χ3n) is 3.86. The molecule has 6 heteroatoms. The first-order valence-corrected chi connectivity index (χ1v) is 7.48. The van der Waals surface area contributed by atoms with Crippen LogP contribution in [0.5, 0.6) is 0 Å². The van der Waals surface area contributed by atoms with Crippen LogP contribution >= 0.6 is 11.6 Å². The fraction of sp³-hybridized carbons (Fsp3) is 0.467. The molecule has 1 aromatic carbocycles. The van der Waals surface area contributed by atoms with Crippen molar-refractivity contribution >= 4 is 17.5 Å². The van der Waals surface area contributed by atoms with Gasteiger partial charge in [-0.25, -0.2) is 0 Å². The number of aromatic nitrogens is 2. The highest BCUT2D eigenvalue weighted by Crippen LogP contribution is 2.37. The van der Waals surface area contributed by atoms with Gasteiger partial charge in [-0.3, -0.25) is 0 Å². The molecule has 1 aliphatic rings. The maximum atomic E-state index is 6.03. The predicted octanol–water partition coefficient (Wildman–Crippen LogP) is 2.82. The molecule has 1 saturated carbocycles. The Morgan fingerprint density at radius 1 is 1.38 bits per heavy atom. The Morgan fingerprint density at radius 3 is 2.86 bits per heavy atom. The number of nitrogens with one attached hydrogen (secondary N) is 1. The molecule has 5 nitrogen and oxygen atoms in total. The van der Waals surface area contributed by atoms with Crippen LogP contribution in [0, 0.1) is 0 Å². The Bertz CT molecular complexity index is 607. The van der Waals surface area contributed by atoms with Gasteiger partial charge in [-0.1, -0.05) is 23.7 Å². The lowest BCUT2D eigenvalue weighted by Crippen LogP contribution is -2.39. The summed E-state index contributed by atoms with van der Waals surface area (Å²) in [7, 11) is 3.78. The summed E-state index contributed by atoms with van der Waals surface area (Å²) in [5.41, 5.74) is 1.33. The van der Waals surface area contributed by atoms with Crippen LogP contribution in [0.4, 0.5) is 5.95 Å². The highest BCUT2D eigenvalue weighted by Gasteiger charge is 2.30. The largest absolute Gasteiger partial charge is 0.344 e. The Kier molecular flexibility index (Phi) is 4.12. The van der Waals surface area contributed by atoms with Gasteiger partial charge in [-0.15, -0.1) is 0 Å². The van der Waals surface area contributed by atoms with Crippen molar-refractivity contribution in [3.05, 3.63) is 40.7 Å². The highest BCUT2D eigenvalue weighted by molar-refractivity contribution is 6.30. The van der Waals surface area contributed by atoms with E-state index in [1.807, 2.05) is 31.1 Å². The summed E-state index contributed by atoms with van der Waals surface area (Å²) in [6.07, 6.45) is 2.24. The third-order valence-corrected chi connectivity index (χ3v) is 4.09. The summed E-state index contributed by atoms with van der Waals surface area (Å²) in [5.74, 6) is 1.84. The molecule has 0 unspecified atom stereocenters.